The molecule has 0 bridgehead atoms. The monoisotopic (exact) mass is 738 g/mol. The Balaban J connectivity index is 1.09. The summed E-state index contributed by atoms with van der Waals surface area (Å²) < 4.78 is 4.62. The summed E-state index contributed by atoms with van der Waals surface area (Å²) in [4.78, 5) is 10.8. The summed E-state index contributed by atoms with van der Waals surface area (Å²) in [5.41, 5.74) is 10.1. The van der Waals surface area contributed by atoms with Gasteiger partial charge in [-0.25, -0.2) is 9.97 Å². The Morgan fingerprint density at radius 3 is 1.86 bits per heavy atom. The van der Waals surface area contributed by atoms with E-state index >= 15 is 0 Å². The number of hydrogen-bond donors (Lipinski definition) is 0. The van der Waals surface area contributed by atoms with Crippen LogP contribution in [0.3, 0.4) is 0 Å². The maximum Gasteiger partial charge on any atom is 0.165 e. The van der Waals surface area contributed by atoms with Gasteiger partial charge in [0, 0.05) is 33.3 Å². The van der Waals surface area contributed by atoms with Gasteiger partial charge in [-0.15, -0.1) is 0 Å². The predicted molar refractivity (Wildman–Crippen MR) is 247 cm³/mol. The zero-order chi connectivity index (χ0) is 38.3. The van der Waals surface area contributed by atoms with Crippen LogP contribution in [-0.4, -0.2) is 19.1 Å². The van der Waals surface area contributed by atoms with Crippen molar-refractivity contribution < 1.29 is 0 Å². The van der Waals surface area contributed by atoms with Gasteiger partial charge in [-0.05, 0) is 98.1 Å². The molecule has 0 aliphatic heterocycles. The third kappa shape index (κ3) is 4.82. The lowest BCUT2D eigenvalue weighted by Gasteiger charge is -2.15. The summed E-state index contributed by atoms with van der Waals surface area (Å²) in [5, 5.41) is 12.1. The van der Waals surface area contributed by atoms with Gasteiger partial charge < -0.3 is 4.57 Å². The van der Waals surface area contributed by atoms with Crippen LogP contribution in [0.15, 0.2) is 183 Å². The number of nitrogens with zero attached hydrogens (tertiary/aromatic N) is 4. The fraction of sp³-hybridized carbons (Fsp3) is 0. The molecule has 4 heteroatoms. The van der Waals surface area contributed by atoms with E-state index in [1.807, 2.05) is 30.3 Å². The third-order valence-corrected chi connectivity index (χ3v) is 11.9. The molecular weight excluding hydrogens is 705 g/mol. The number of rotatable bonds is 5. The van der Waals surface area contributed by atoms with Gasteiger partial charge in [-0.2, -0.15) is 0 Å². The predicted octanol–water partition coefficient (Wildman–Crippen LogP) is 14.2. The van der Waals surface area contributed by atoms with Gasteiger partial charge in [0.1, 0.15) is 5.69 Å². The van der Waals surface area contributed by atoms with Crippen molar-refractivity contribution in [3.63, 3.8) is 0 Å². The van der Waals surface area contributed by atoms with Crippen molar-refractivity contribution in [2.24, 2.45) is 0 Å². The highest BCUT2D eigenvalue weighted by Crippen LogP contribution is 2.40. The second-order valence-electron chi connectivity index (χ2n) is 15.0. The second kappa shape index (κ2) is 12.6. The molecule has 270 valence electrons. The van der Waals surface area contributed by atoms with Gasteiger partial charge in [-0.3, -0.25) is 4.57 Å². The minimum absolute atomic E-state index is 0.792. The van der Waals surface area contributed by atoms with Crippen molar-refractivity contribution in [3.8, 4) is 17.1 Å². The SMILES string of the molecule is C=Cc1cc2c(cc1/C=C/n1c3ccccc3c3c4ccccc4ccc31)c1ccccc1n2-c1nc2ccccc2nc1-c1ccc2ccc3ccccc3c2c1. The average Bonchev–Trinajstić information content (AvgIpc) is 3.79. The summed E-state index contributed by atoms with van der Waals surface area (Å²) in [6.07, 6.45) is 6.40. The van der Waals surface area contributed by atoms with E-state index in [1.165, 1.54) is 54.1 Å². The molecule has 0 saturated carbocycles. The highest BCUT2D eigenvalue weighted by Gasteiger charge is 2.21. The Kier molecular flexibility index (Phi) is 7.05. The molecule has 9 aromatic carbocycles. The highest BCUT2D eigenvalue weighted by molar-refractivity contribution is 6.21. The molecule has 58 heavy (non-hydrogen) atoms. The minimum atomic E-state index is 0.792. The van der Waals surface area contributed by atoms with Crippen LogP contribution in [0.25, 0.3) is 122 Å². The minimum Gasteiger partial charge on any atom is -0.316 e. The van der Waals surface area contributed by atoms with Gasteiger partial charge in [0.15, 0.2) is 5.82 Å². The molecule has 0 N–H and O–H groups in total. The molecule has 0 aliphatic rings. The van der Waals surface area contributed by atoms with Crippen LogP contribution >= 0.6 is 0 Å². The van der Waals surface area contributed by atoms with Crippen LogP contribution in [0.4, 0.5) is 0 Å². The van der Waals surface area contributed by atoms with Crippen LogP contribution in [0, 0.1) is 0 Å². The Bertz CT molecular complexity index is 3710. The largest absolute Gasteiger partial charge is 0.316 e. The summed E-state index contributed by atoms with van der Waals surface area (Å²) in [6.45, 7) is 4.32. The van der Waals surface area contributed by atoms with E-state index in [2.05, 4.69) is 180 Å². The number of fused-ring (bicyclic) bond motifs is 12. The number of para-hydroxylation sites is 4. The van der Waals surface area contributed by atoms with Gasteiger partial charge in [0.25, 0.3) is 0 Å². The van der Waals surface area contributed by atoms with Crippen molar-refractivity contribution in [2.45, 2.75) is 0 Å². The summed E-state index contributed by atoms with van der Waals surface area (Å²) in [6, 6.07) is 62.8. The van der Waals surface area contributed by atoms with Gasteiger partial charge >= 0.3 is 0 Å². The maximum absolute atomic E-state index is 5.42. The van der Waals surface area contributed by atoms with Gasteiger partial charge in [0.05, 0.1) is 33.1 Å². The maximum atomic E-state index is 5.42. The van der Waals surface area contributed by atoms with Crippen LogP contribution in [0.2, 0.25) is 0 Å². The Labute approximate surface area is 333 Å². The third-order valence-electron chi connectivity index (χ3n) is 11.9. The molecular formula is C54H34N4. The van der Waals surface area contributed by atoms with E-state index < -0.39 is 0 Å². The van der Waals surface area contributed by atoms with Crippen molar-refractivity contribution in [3.05, 3.63) is 194 Å². The molecule has 0 atom stereocenters. The normalized spacial score (nSPS) is 12.1. The highest BCUT2D eigenvalue weighted by atomic mass is 15.1. The Hall–Kier alpha value is -7.82. The standard InChI is InChI=1S/C54H34N4/c1-2-34-33-51-45(31-38(34)29-30-57-48-21-11-8-18-43(48)52-41-16-6-4-14-36(41)27-28-50(52)57)42-17-7-12-22-49(42)58(51)54-53(55-46-19-9-10-20-47(46)56-54)39-26-25-37-24-23-35-13-3-5-15-40(35)44(37)32-39/h2-33H,1H2/b30-29+. The molecule has 12 rings (SSSR count). The fourth-order valence-corrected chi connectivity index (χ4v) is 9.17. The lowest BCUT2D eigenvalue weighted by Crippen LogP contribution is -2.04. The molecule has 0 saturated heterocycles. The van der Waals surface area contributed by atoms with E-state index in [4.69, 9.17) is 9.97 Å². The van der Waals surface area contributed by atoms with Crippen LogP contribution in [-0.2, 0) is 0 Å². The van der Waals surface area contributed by atoms with E-state index in [-0.39, 0.29) is 0 Å². The first-order valence-electron chi connectivity index (χ1n) is 19.7. The molecule has 0 unspecified atom stereocenters. The molecule has 0 spiro atoms. The second-order valence-corrected chi connectivity index (χ2v) is 15.0. The van der Waals surface area contributed by atoms with Crippen molar-refractivity contribution in [1.29, 1.82) is 0 Å². The van der Waals surface area contributed by atoms with Crippen molar-refractivity contribution >= 4 is 105 Å². The van der Waals surface area contributed by atoms with Crippen molar-refractivity contribution in [1.82, 2.24) is 19.1 Å². The molecule has 4 nitrogen and oxygen atoms in total. The van der Waals surface area contributed by atoms with Crippen LogP contribution in [0.1, 0.15) is 11.1 Å². The van der Waals surface area contributed by atoms with E-state index in [1.54, 1.807) is 0 Å². The molecule has 0 amide bonds. The van der Waals surface area contributed by atoms with E-state index in [0.717, 1.165) is 61.0 Å². The molecule has 0 fully saturated rings. The zero-order valence-electron chi connectivity index (χ0n) is 31.5. The number of hydrogen-bond acceptors (Lipinski definition) is 2. The Morgan fingerprint density at radius 1 is 0.431 bits per heavy atom. The molecule has 12 aromatic rings. The smallest absolute Gasteiger partial charge is 0.165 e. The van der Waals surface area contributed by atoms with Crippen LogP contribution in [0.5, 0.6) is 0 Å². The lowest BCUT2D eigenvalue weighted by atomic mass is 9.99. The first-order chi connectivity index (χ1) is 28.7. The number of aromatic nitrogens is 4. The van der Waals surface area contributed by atoms with Gasteiger partial charge in [0.2, 0.25) is 0 Å². The first-order valence-corrected chi connectivity index (χ1v) is 19.7. The molecule has 0 aliphatic carbocycles. The number of benzene rings is 9. The molecule has 3 aromatic heterocycles. The van der Waals surface area contributed by atoms with Crippen molar-refractivity contribution in [2.75, 3.05) is 0 Å². The topological polar surface area (TPSA) is 35.6 Å². The molecule has 3 heterocycles. The zero-order valence-corrected chi connectivity index (χ0v) is 31.5. The average molecular weight is 739 g/mol. The first kappa shape index (κ1) is 32.4. The Morgan fingerprint density at radius 2 is 1.05 bits per heavy atom. The summed E-state index contributed by atoms with van der Waals surface area (Å²) in [7, 11) is 0. The van der Waals surface area contributed by atoms with E-state index in [9.17, 15) is 0 Å². The molecule has 0 radical (unpaired) electrons. The fourth-order valence-electron chi connectivity index (χ4n) is 9.17. The van der Waals surface area contributed by atoms with Gasteiger partial charge in [-0.1, -0.05) is 140 Å². The quantitative estimate of drug-likeness (QED) is 0.165. The lowest BCUT2D eigenvalue weighted by molar-refractivity contribution is 1.08. The summed E-state index contributed by atoms with van der Waals surface area (Å²) >= 11 is 0. The van der Waals surface area contributed by atoms with E-state index in [0.29, 0.717) is 0 Å². The van der Waals surface area contributed by atoms with Crippen LogP contribution < -0.4 is 0 Å². The summed E-state index contributed by atoms with van der Waals surface area (Å²) in [5.74, 6) is 0.792.